The van der Waals surface area contributed by atoms with Crippen molar-refractivity contribution in [3.05, 3.63) is 47.4 Å². The molecular weight excluding hydrogens is 518 g/mol. The van der Waals surface area contributed by atoms with Crippen LogP contribution in [0.5, 0.6) is 5.88 Å². The number of nitrogens with one attached hydrogen (secondary N) is 1. The summed E-state index contributed by atoms with van der Waals surface area (Å²) in [7, 11) is -3.13. The Morgan fingerprint density at radius 3 is 2.56 bits per heavy atom. The number of hydrogen-bond donors (Lipinski definition) is 2. The first-order valence-electron chi connectivity index (χ1n) is 13.2. The Balaban J connectivity index is 1.50. The largest absolute Gasteiger partial charge is 0.473 e. The van der Waals surface area contributed by atoms with Crippen LogP contribution in [0, 0.1) is 5.92 Å². The van der Waals surface area contributed by atoms with Crippen molar-refractivity contribution in [3.63, 3.8) is 0 Å². The van der Waals surface area contributed by atoms with Gasteiger partial charge in [-0.15, -0.1) is 0 Å². The van der Waals surface area contributed by atoms with Crippen LogP contribution < -0.4 is 15.8 Å². The first-order chi connectivity index (χ1) is 18.3. The number of rotatable bonds is 7. The Kier molecular flexibility index (Phi) is 6.79. The van der Waals surface area contributed by atoms with E-state index in [4.69, 9.17) is 20.2 Å². The Bertz CT molecular complexity index is 1560. The van der Waals surface area contributed by atoms with Crippen LogP contribution in [0.3, 0.4) is 0 Å². The van der Waals surface area contributed by atoms with Crippen LogP contribution in [-0.4, -0.2) is 53.1 Å². The highest BCUT2D eigenvalue weighted by Crippen LogP contribution is 2.40. The highest BCUT2D eigenvalue weighted by molar-refractivity contribution is 7.91. The summed E-state index contributed by atoms with van der Waals surface area (Å²) in [6, 6.07) is 5.34. The van der Waals surface area contributed by atoms with E-state index < -0.39 is 20.6 Å². The second-order valence-electron chi connectivity index (χ2n) is 11.1. The third kappa shape index (κ3) is 4.93. The van der Waals surface area contributed by atoms with Crippen molar-refractivity contribution in [3.8, 4) is 5.88 Å². The van der Waals surface area contributed by atoms with Crippen molar-refractivity contribution in [2.75, 3.05) is 11.6 Å². The molecule has 0 radical (unpaired) electrons. The molecule has 0 saturated heterocycles. The summed E-state index contributed by atoms with van der Waals surface area (Å²) in [5.74, 6) is 0.958. The normalized spacial score (nSPS) is 26.2. The van der Waals surface area contributed by atoms with Crippen LogP contribution in [0.4, 0.5) is 11.6 Å². The molecule has 4 heterocycles. The molecule has 0 spiro atoms. The number of carbonyl (C=O) groups is 1. The number of cyclic esters (lactones) is 1. The summed E-state index contributed by atoms with van der Waals surface area (Å²) in [4.78, 5) is 26.2. The standard InChI is InChI=1S/C28H35N5O5S/c1-7-28(5,29)20-13-31-26(38-21-11-22(15(21)3)39(6,35)36)19-12-30-24(10-18(19)20)32-23-9-8-17-25(33-23)14(2)16(4)37-27(17)34/h8-10,12-16,21-22H,7,11,29H2,1-6H3,(H,30,32,33)/t14-,15+,16-,21-,22+,28+/m0/s1. The number of aromatic nitrogens is 3. The monoisotopic (exact) mass is 553 g/mol. The number of fused-ring (bicyclic) bond motifs is 2. The lowest BCUT2D eigenvalue weighted by molar-refractivity contribution is 0.0235. The molecule has 10 nitrogen and oxygen atoms in total. The van der Waals surface area contributed by atoms with E-state index in [1.54, 1.807) is 24.5 Å². The SMILES string of the molecule is CC[C@@](C)(N)c1cnc(O[C@H]2C[C@@H](S(C)(=O)=O)[C@@H]2C)c2cnc(Nc3ccc4c(n3)[C@@H](C)[C@H](C)OC4=O)cc12. The summed E-state index contributed by atoms with van der Waals surface area (Å²) in [5, 5.41) is 4.38. The fourth-order valence-electron chi connectivity index (χ4n) is 5.24. The quantitative estimate of drug-likeness (QED) is 0.408. The number of nitrogens with zero attached hydrogens (tertiary/aromatic N) is 3. The van der Waals surface area contributed by atoms with Crippen LogP contribution in [0.1, 0.15) is 75.0 Å². The lowest BCUT2D eigenvalue weighted by atomic mass is 9.82. The maximum absolute atomic E-state index is 12.3. The molecule has 39 heavy (non-hydrogen) atoms. The van der Waals surface area contributed by atoms with Crippen molar-refractivity contribution in [1.82, 2.24) is 15.0 Å². The molecule has 0 aromatic carbocycles. The molecule has 2 aliphatic rings. The Morgan fingerprint density at radius 1 is 1.15 bits per heavy atom. The minimum Gasteiger partial charge on any atom is -0.473 e. The van der Waals surface area contributed by atoms with Gasteiger partial charge in [0.05, 0.1) is 21.9 Å². The molecule has 0 amide bonds. The Hall–Kier alpha value is -3.31. The van der Waals surface area contributed by atoms with E-state index in [9.17, 15) is 13.2 Å². The summed E-state index contributed by atoms with van der Waals surface area (Å²) in [6.07, 6.45) is 5.28. The third-order valence-corrected chi connectivity index (χ3v) is 10.1. The second kappa shape index (κ2) is 9.71. The number of nitrogens with two attached hydrogens (primary N) is 1. The van der Waals surface area contributed by atoms with Crippen LogP contribution >= 0.6 is 0 Å². The van der Waals surface area contributed by atoms with E-state index >= 15 is 0 Å². The minimum atomic E-state index is -3.13. The van der Waals surface area contributed by atoms with Gasteiger partial charge in [0.1, 0.15) is 23.8 Å². The number of sulfone groups is 1. The van der Waals surface area contributed by atoms with Crippen LogP contribution in [-0.2, 0) is 20.1 Å². The summed E-state index contributed by atoms with van der Waals surface area (Å²) in [6.45, 7) is 9.70. The van der Waals surface area contributed by atoms with Gasteiger partial charge in [-0.25, -0.2) is 28.2 Å². The first-order valence-corrected chi connectivity index (χ1v) is 15.2. The minimum absolute atomic E-state index is 0.0416. The van der Waals surface area contributed by atoms with Crippen LogP contribution in [0.25, 0.3) is 10.8 Å². The number of pyridine rings is 3. The maximum Gasteiger partial charge on any atom is 0.340 e. The van der Waals surface area contributed by atoms with E-state index in [1.807, 2.05) is 40.7 Å². The fourth-order valence-corrected chi connectivity index (χ4v) is 6.73. The van der Waals surface area contributed by atoms with E-state index in [1.165, 1.54) is 6.26 Å². The molecule has 1 aliphatic heterocycles. The van der Waals surface area contributed by atoms with Crippen molar-refractivity contribution in [2.45, 2.75) is 76.4 Å². The van der Waals surface area contributed by atoms with Gasteiger partial charge in [0.25, 0.3) is 0 Å². The van der Waals surface area contributed by atoms with Gasteiger partial charge in [0.2, 0.25) is 5.88 Å². The van der Waals surface area contributed by atoms with Gasteiger partial charge in [-0.3, -0.25) is 0 Å². The summed E-state index contributed by atoms with van der Waals surface area (Å²) >= 11 is 0. The van der Waals surface area contributed by atoms with E-state index in [2.05, 4.69) is 15.3 Å². The zero-order valence-electron chi connectivity index (χ0n) is 23.1. The van der Waals surface area contributed by atoms with Crippen molar-refractivity contribution < 1.29 is 22.7 Å². The third-order valence-electron chi connectivity index (χ3n) is 8.36. The van der Waals surface area contributed by atoms with Crippen LogP contribution in [0.2, 0.25) is 0 Å². The zero-order valence-corrected chi connectivity index (χ0v) is 23.9. The van der Waals surface area contributed by atoms with Crippen LogP contribution in [0.15, 0.2) is 30.6 Å². The molecule has 11 heteroatoms. The average Bonchev–Trinajstić information content (AvgIpc) is 2.88. The predicted molar refractivity (Wildman–Crippen MR) is 149 cm³/mol. The molecule has 208 valence electrons. The molecule has 0 bridgehead atoms. The van der Waals surface area contributed by atoms with E-state index in [-0.39, 0.29) is 30.0 Å². The molecule has 1 saturated carbocycles. The fraction of sp³-hybridized carbons (Fsp3) is 0.500. The maximum atomic E-state index is 12.3. The first kappa shape index (κ1) is 27.3. The van der Waals surface area contributed by atoms with Crippen molar-refractivity contribution >= 4 is 38.2 Å². The molecular formula is C28H35N5O5S. The van der Waals surface area contributed by atoms with E-state index in [0.29, 0.717) is 47.0 Å². The van der Waals surface area contributed by atoms with E-state index in [0.717, 1.165) is 10.9 Å². The number of anilines is 2. The Morgan fingerprint density at radius 2 is 1.90 bits per heavy atom. The van der Waals surface area contributed by atoms with Gasteiger partial charge < -0.3 is 20.5 Å². The molecule has 1 aliphatic carbocycles. The van der Waals surface area contributed by atoms with Gasteiger partial charge in [-0.1, -0.05) is 20.8 Å². The number of ether oxygens (including phenoxy) is 2. The highest BCUT2D eigenvalue weighted by Gasteiger charge is 2.46. The number of carbonyl (C=O) groups excluding carboxylic acids is 1. The Labute approximate surface area is 228 Å². The van der Waals surface area contributed by atoms with Gasteiger partial charge in [0, 0.05) is 42.4 Å². The number of esters is 1. The summed E-state index contributed by atoms with van der Waals surface area (Å²) < 4.78 is 35.6. The molecule has 3 aromatic heterocycles. The molecule has 6 atom stereocenters. The molecule has 3 aromatic rings. The predicted octanol–water partition coefficient (Wildman–Crippen LogP) is 4.22. The van der Waals surface area contributed by atoms with Gasteiger partial charge >= 0.3 is 5.97 Å². The molecule has 1 fully saturated rings. The zero-order chi connectivity index (χ0) is 28.3. The van der Waals surface area contributed by atoms with Gasteiger partial charge in [0.15, 0.2) is 9.84 Å². The van der Waals surface area contributed by atoms with Crippen molar-refractivity contribution in [1.29, 1.82) is 0 Å². The molecule has 0 unspecified atom stereocenters. The second-order valence-corrected chi connectivity index (χ2v) is 13.4. The molecule has 5 rings (SSSR count). The summed E-state index contributed by atoms with van der Waals surface area (Å²) in [5.41, 5.74) is 8.01. The lowest BCUT2D eigenvalue weighted by Crippen LogP contribution is -2.51. The molecule has 3 N–H and O–H groups in total. The lowest BCUT2D eigenvalue weighted by Gasteiger charge is -2.40. The highest BCUT2D eigenvalue weighted by atomic mass is 32.2. The van der Waals surface area contributed by atoms with Crippen molar-refractivity contribution in [2.24, 2.45) is 11.7 Å². The smallest absolute Gasteiger partial charge is 0.340 e. The van der Waals surface area contributed by atoms with Gasteiger partial charge in [-0.2, -0.15) is 0 Å². The number of hydrogen-bond acceptors (Lipinski definition) is 10. The van der Waals surface area contributed by atoms with Gasteiger partial charge in [-0.05, 0) is 49.4 Å². The average molecular weight is 554 g/mol. The topological polar surface area (TPSA) is 146 Å².